The van der Waals surface area contributed by atoms with Crippen molar-refractivity contribution in [3.05, 3.63) is 24.2 Å². The highest BCUT2D eigenvalue weighted by atomic mass is 16.3. The zero-order valence-corrected chi connectivity index (χ0v) is 11.1. The van der Waals surface area contributed by atoms with Crippen LogP contribution >= 0.6 is 0 Å². The van der Waals surface area contributed by atoms with Crippen LogP contribution in [0.3, 0.4) is 0 Å². The zero-order chi connectivity index (χ0) is 14.1. The monoisotopic (exact) mass is 278 g/mol. The van der Waals surface area contributed by atoms with E-state index in [0.717, 1.165) is 25.9 Å². The van der Waals surface area contributed by atoms with Crippen LogP contribution in [0.4, 0.5) is 0 Å². The summed E-state index contributed by atoms with van der Waals surface area (Å²) < 4.78 is 4.93. The molecule has 3 rings (SSSR count). The molecular formula is C14H18N2O4. The minimum atomic E-state index is -0.514. The molecule has 20 heavy (non-hydrogen) atoms. The Kier molecular flexibility index (Phi) is 3.58. The molecule has 0 spiro atoms. The molecule has 1 aliphatic heterocycles. The van der Waals surface area contributed by atoms with Crippen molar-refractivity contribution < 1.29 is 19.1 Å². The van der Waals surface area contributed by atoms with E-state index in [9.17, 15) is 14.7 Å². The van der Waals surface area contributed by atoms with Crippen molar-refractivity contribution in [2.75, 3.05) is 19.6 Å². The average Bonchev–Trinajstić information content (AvgIpc) is 3.08. The maximum Gasteiger partial charge on any atom is 0.293 e. The summed E-state index contributed by atoms with van der Waals surface area (Å²) in [5.74, 6) is 0.0505. The molecule has 3 atom stereocenters. The van der Waals surface area contributed by atoms with Crippen molar-refractivity contribution in [2.45, 2.75) is 18.9 Å². The number of carbonyl (C=O) groups excluding carboxylic acids is 2. The summed E-state index contributed by atoms with van der Waals surface area (Å²) >= 11 is 0. The lowest BCUT2D eigenvalue weighted by molar-refractivity contribution is -0.121. The van der Waals surface area contributed by atoms with Crippen LogP contribution < -0.4 is 5.32 Å². The minimum Gasteiger partial charge on any atom is -0.459 e. The van der Waals surface area contributed by atoms with Crippen LogP contribution in [0, 0.1) is 11.8 Å². The molecule has 2 fully saturated rings. The van der Waals surface area contributed by atoms with E-state index in [-0.39, 0.29) is 30.2 Å². The van der Waals surface area contributed by atoms with Crippen LogP contribution in [0.15, 0.2) is 22.8 Å². The van der Waals surface area contributed by atoms with Crippen molar-refractivity contribution in [3.63, 3.8) is 0 Å². The summed E-state index contributed by atoms with van der Waals surface area (Å²) in [6.45, 7) is 1.74. The Morgan fingerprint density at radius 2 is 2.25 bits per heavy atom. The summed E-state index contributed by atoms with van der Waals surface area (Å²) in [7, 11) is 0. The smallest absolute Gasteiger partial charge is 0.293 e. The first-order valence-corrected chi connectivity index (χ1v) is 6.91. The molecule has 1 saturated heterocycles. The molecule has 3 unspecified atom stereocenters. The molecule has 2 amide bonds. The number of hydrogen-bond acceptors (Lipinski definition) is 5. The highest BCUT2D eigenvalue weighted by Crippen LogP contribution is 2.37. The SMILES string of the molecule is O=C(CN1CC2CCC(O)C2C1)NC(=O)c1ccco1. The van der Waals surface area contributed by atoms with Gasteiger partial charge in [0.15, 0.2) is 5.76 Å². The lowest BCUT2D eigenvalue weighted by Crippen LogP contribution is -2.39. The second-order valence-corrected chi connectivity index (χ2v) is 5.62. The molecule has 0 aromatic carbocycles. The molecule has 0 bridgehead atoms. The highest BCUT2D eigenvalue weighted by molar-refractivity contribution is 6.03. The molecule has 1 saturated carbocycles. The average molecular weight is 278 g/mol. The molecule has 2 N–H and O–H groups in total. The third-order valence-corrected chi connectivity index (χ3v) is 4.26. The van der Waals surface area contributed by atoms with Crippen LogP contribution in [-0.4, -0.2) is 47.6 Å². The first-order chi connectivity index (χ1) is 9.63. The third kappa shape index (κ3) is 2.62. The van der Waals surface area contributed by atoms with E-state index >= 15 is 0 Å². The first kappa shape index (κ1) is 13.3. The number of aliphatic hydroxyl groups excluding tert-OH is 1. The number of furan rings is 1. The molecule has 1 aliphatic carbocycles. The van der Waals surface area contributed by atoms with Gasteiger partial charge in [0.05, 0.1) is 18.9 Å². The summed E-state index contributed by atoms with van der Waals surface area (Å²) in [5, 5.41) is 12.1. The van der Waals surface area contributed by atoms with Crippen LogP contribution in [0.2, 0.25) is 0 Å². The number of aliphatic hydroxyl groups is 1. The lowest BCUT2D eigenvalue weighted by atomic mass is 10.00. The van der Waals surface area contributed by atoms with Crippen LogP contribution in [0.1, 0.15) is 23.4 Å². The number of rotatable bonds is 3. The van der Waals surface area contributed by atoms with Gasteiger partial charge in [0.25, 0.3) is 5.91 Å². The van der Waals surface area contributed by atoms with Gasteiger partial charge in [0, 0.05) is 19.0 Å². The minimum absolute atomic E-state index is 0.132. The normalized spacial score (nSPS) is 29.4. The Bertz CT molecular complexity index is 499. The number of nitrogens with zero attached hydrogens (tertiary/aromatic N) is 1. The van der Waals surface area contributed by atoms with Crippen molar-refractivity contribution in [1.82, 2.24) is 10.2 Å². The Hall–Kier alpha value is -1.66. The summed E-state index contributed by atoms with van der Waals surface area (Å²) in [4.78, 5) is 25.5. The van der Waals surface area contributed by atoms with Crippen molar-refractivity contribution in [1.29, 1.82) is 0 Å². The predicted molar refractivity (Wildman–Crippen MR) is 69.8 cm³/mol. The number of hydrogen-bond donors (Lipinski definition) is 2. The predicted octanol–water partition coefficient (Wildman–Crippen LogP) is 0.239. The van der Waals surface area contributed by atoms with Gasteiger partial charge in [-0.3, -0.25) is 19.8 Å². The highest BCUT2D eigenvalue weighted by Gasteiger charge is 2.42. The number of amides is 2. The van der Waals surface area contributed by atoms with E-state index in [2.05, 4.69) is 5.32 Å². The number of imide groups is 1. The zero-order valence-electron chi connectivity index (χ0n) is 11.1. The van der Waals surface area contributed by atoms with E-state index in [0.29, 0.717) is 5.92 Å². The largest absolute Gasteiger partial charge is 0.459 e. The quantitative estimate of drug-likeness (QED) is 0.827. The first-order valence-electron chi connectivity index (χ1n) is 6.91. The third-order valence-electron chi connectivity index (χ3n) is 4.26. The van der Waals surface area contributed by atoms with E-state index < -0.39 is 5.91 Å². The standard InChI is InChI=1S/C14H18N2O4/c17-11-4-3-9-6-16(7-10(9)11)8-13(18)15-14(19)12-2-1-5-20-12/h1-2,5,9-11,17H,3-4,6-8H2,(H,15,18,19). The van der Waals surface area contributed by atoms with Crippen molar-refractivity contribution in [3.8, 4) is 0 Å². The fraction of sp³-hybridized carbons (Fsp3) is 0.571. The van der Waals surface area contributed by atoms with Crippen LogP contribution in [-0.2, 0) is 4.79 Å². The summed E-state index contributed by atoms with van der Waals surface area (Å²) in [5.41, 5.74) is 0. The number of nitrogens with one attached hydrogen (secondary N) is 1. The number of likely N-dealkylation sites (tertiary alicyclic amines) is 1. The van der Waals surface area contributed by atoms with Gasteiger partial charge in [-0.25, -0.2) is 0 Å². The van der Waals surface area contributed by atoms with Crippen molar-refractivity contribution in [2.24, 2.45) is 11.8 Å². The summed E-state index contributed by atoms with van der Waals surface area (Å²) in [6, 6.07) is 3.11. The second-order valence-electron chi connectivity index (χ2n) is 5.62. The fourth-order valence-corrected chi connectivity index (χ4v) is 3.30. The molecule has 6 nitrogen and oxygen atoms in total. The van der Waals surface area contributed by atoms with Gasteiger partial charge in [0.2, 0.25) is 5.91 Å². The van der Waals surface area contributed by atoms with Gasteiger partial charge in [-0.1, -0.05) is 0 Å². The molecule has 6 heteroatoms. The lowest BCUT2D eigenvalue weighted by Gasteiger charge is -2.16. The Balaban J connectivity index is 1.49. The molecule has 0 radical (unpaired) electrons. The molecule has 1 aromatic rings. The number of fused-ring (bicyclic) bond motifs is 1. The van der Waals surface area contributed by atoms with Gasteiger partial charge >= 0.3 is 0 Å². The molecular weight excluding hydrogens is 260 g/mol. The Morgan fingerprint density at radius 1 is 1.40 bits per heavy atom. The van der Waals surface area contributed by atoms with E-state index in [1.165, 1.54) is 12.3 Å². The molecule has 108 valence electrons. The second kappa shape index (κ2) is 5.38. The van der Waals surface area contributed by atoms with Gasteiger partial charge in [-0.05, 0) is 30.9 Å². The van der Waals surface area contributed by atoms with Gasteiger partial charge in [0.1, 0.15) is 0 Å². The summed E-state index contributed by atoms with van der Waals surface area (Å²) in [6.07, 6.45) is 3.04. The Morgan fingerprint density at radius 3 is 2.95 bits per heavy atom. The van der Waals surface area contributed by atoms with Crippen LogP contribution in [0.25, 0.3) is 0 Å². The molecule has 2 aliphatic rings. The maximum absolute atomic E-state index is 11.8. The maximum atomic E-state index is 11.8. The van der Waals surface area contributed by atoms with E-state index in [1.54, 1.807) is 6.07 Å². The fourth-order valence-electron chi connectivity index (χ4n) is 3.30. The molecule has 2 heterocycles. The van der Waals surface area contributed by atoms with Gasteiger partial charge in [-0.15, -0.1) is 0 Å². The molecule has 1 aromatic heterocycles. The van der Waals surface area contributed by atoms with Crippen LogP contribution in [0.5, 0.6) is 0 Å². The van der Waals surface area contributed by atoms with E-state index in [4.69, 9.17) is 4.42 Å². The number of carbonyl (C=O) groups is 2. The topological polar surface area (TPSA) is 82.8 Å². The van der Waals surface area contributed by atoms with Gasteiger partial charge < -0.3 is 9.52 Å². The van der Waals surface area contributed by atoms with Crippen molar-refractivity contribution >= 4 is 11.8 Å². The van der Waals surface area contributed by atoms with Gasteiger partial charge in [-0.2, -0.15) is 0 Å². The Labute approximate surface area is 116 Å². The van der Waals surface area contributed by atoms with E-state index in [1.807, 2.05) is 4.90 Å².